The molecule has 0 atom stereocenters. The van der Waals surface area contributed by atoms with E-state index in [0.29, 0.717) is 10.8 Å². The van der Waals surface area contributed by atoms with Crippen LogP contribution < -0.4 is 5.43 Å². The average molecular weight is 436 g/mol. The van der Waals surface area contributed by atoms with E-state index in [-0.39, 0.29) is 17.2 Å². The highest BCUT2D eigenvalue weighted by Crippen LogP contribution is 2.17. The normalized spacial score (nSPS) is 11.8. The van der Waals surface area contributed by atoms with E-state index in [4.69, 9.17) is 4.42 Å². The highest BCUT2D eigenvalue weighted by molar-refractivity contribution is 7.98. The molecule has 3 aromatic rings. The van der Waals surface area contributed by atoms with E-state index in [0.717, 1.165) is 21.8 Å². The molecule has 0 spiro atoms. The molecule has 0 aliphatic rings. The van der Waals surface area contributed by atoms with Gasteiger partial charge < -0.3 is 4.42 Å². The SMILES string of the molecule is CSc1ccc(C=NNC(=O)c2csc(CS(=O)(=O)Cc3ccco3)n2)cc1. The summed E-state index contributed by atoms with van der Waals surface area (Å²) >= 11 is 2.76. The van der Waals surface area contributed by atoms with Crippen molar-refractivity contribution in [3.8, 4) is 0 Å². The van der Waals surface area contributed by atoms with Crippen LogP contribution in [-0.2, 0) is 21.3 Å². The van der Waals surface area contributed by atoms with Crippen molar-refractivity contribution in [2.24, 2.45) is 5.10 Å². The second kappa shape index (κ2) is 9.18. The van der Waals surface area contributed by atoms with Gasteiger partial charge in [-0.15, -0.1) is 23.1 Å². The van der Waals surface area contributed by atoms with Crippen LogP contribution in [0.25, 0.3) is 0 Å². The Hall–Kier alpha value is -2.43. The number of carbonyl (C=O) groups is 1. The summed E-state index contributed by atoms with van der Waals surface area (Å²) in [7, 11) is -3.44. The van der Waals surface area contributed by atoms with Crippen LogP contribution in [0.3, 0.4) is 0 Å². The number of carbonyl (C=O) groups excluding carboxylic acids is 1. The molecule has 7 nitrogen and oxygen atoms in total. The number of hydrogen-bond donors (Lipinski definition) is 1. The molecule has 3 rings (SSSR count). The van der Waals surface area contributed by atoms with Gasteiger partial charge in [-0.3, -0.25) is 4.79 Å². The highest BCUT2D eigenvalue weighted by Gasteiger charge is 2.18. The number of benzene rings is 1. The molecule has 146 valence electrons. The minimum atomic E-state index is -3.44. The minimum absolute atomic E-state index is 0.128. The zero-order valence-electron chi connectivity index (χ0n) is 14.9. The molecule has 0 saturated carbocycles. The Morgan fingerprint density at radius 2 is 2.07 bits per heavy atom. The molecule has 1 amide bonds. The largest absolute Gasteiger partial charge is 0.468 e. The number of nitrogens with zero attached hydrogens (tertiary/aromatic N) is 2. The lowest BCUT2D eigenvalue weighted by Crippen LogP contribution is -2.18. The number of hydrazone groups is 1. The van der Waals surface area contributed by atoms with Crippen LogP contribution in [0.15, 0.2) is 62.5 Å². The number of thioether (sulfide) groups is 1. The summed E-state index contributed by atoms with van der Waals surface area (Å²) in [6, 6.07) is 10.9. The lowest BCUT2D eigenvalue weighted by molar-refractivity contribution is 0.0950. The van der Waals surface area contributed by atoms with Gasteiger partial charge in [-0.2, -0.15) is 5.10 Å². The third-order valence-electron chi connectivity index (χ3n) is 3.57. The van der Waals surface area contributed by atoms with Gasteiger partial charge in [0.15, 0.2) is 9.84 Å². The Morgan fingerprint density at radius 1 is 1.29 bits per heavy atom. The maximum atomic E-state index is 12.2. The molecule has 0 radical (unpaired) electrons. The fourth-order valence-corrected chi connectivity index (χ4v) is 5.16. The van der Waals surface area contributed by atoms with Crippen LogP contribution in [-0.4, -0.2) is 31.8 Å². The quantitative estimate of drug-likeness (QED) is 0.331. The summed E-state index contributed by atoms with van der Waals surface area (Å²) in [6.07, 6.45) is 4.95. The molecule has 28 heavy (non-hydrogen) atoms. The number of aromatic nitrogens is 1. The molecule has 2 heterocycles. The number of hydrogen-bond acceptors (Lipinski definition) is 8. The molecule has 0 aliphatic carbocycles. The summed E-state index contributed by atoms with van der Waals surface area (Å²) in [5, 5.41) is 5.76. The molecule has 10 heteroatoms. The first-order chi connectivity index (χ1) is 13.4. The van der Waals surface area contributed by atoms with Gasteiger partial charge in [0.1, 0.15) is 28.0 Å². The summed E-state index contributed by atoms with van der Waals surface area (Å²) < 4.78 is 29.5. The standard InChI is InChI=1S/C18H17N3O4S3/c1-26-15-6-4-13(5-7-15)9-19-21-18(22)16-10-27-17(20-16)12-28(23,24)11-14-3-2-8-25-14/h2-10H,11-12H2,1H3,(H,21,22). The van der Waals surface area contributed by atoms with E-state index in [1.165, 1.54) is 17.9 Å². The lowest BCUT2D eigenvalue weighted by Gasteiger charge is -1.99. The van der Waals surface area contributed by atoms with Gasteiger partial charge in [0.2, 0.25) is 0 Å². The topological polar surface area (TPSA) is 102 Å². The monoisotopic (exact) mass is 435 g/mol. The Balaban J connectivity index is 1.56. The van der Waals surface area contributed by atoms with Gasteiger partial charge in [-0.05, 0) is 36.1 Å². The van der Waals surface area contributed by atoms with E-state index >= 15 is 0 Å². The van der Waals surface area contributed by atoms with E-state index in [1.54, 1.807) is 23.9 Å². The number of thiazole rings is 1. The second-order valence-corrected chi connectivity index (χ2v) is 9.60. The van der Waals surface area contributed by atoms with Crippen molar-refractivity contribution in [1.29, 1.82) is 0 Å². The van der Waals surface area contributed by atoms with Gasteiger partial charge in [-0.1, -0.05) is 12.1 Å². The molecule has 0 saturated heterocycles. The molecule has 0 unspecified atom stereocenters. The van der Waals surface area contributed by atoms with Crippen LogP contribution in [0.4, 0.5) is 0 Å². The summed E-state index contributed by atoms with van der Waals surface area (Å²) in [5.74, 6) is -0.588. The highest BCUT2D eigenvalue weighted by atomic mass is 32.2. The second-order valence-electron chi connectivity index (χ2n) is 5.71. The lowest BCUT2D eigenvalue weighted by atomic mass is 10.2. The van der Waals surface area contributed by atoms with E-state index in [1.807, 2.05) is 30.5 Å². The smallest absolute Gasteiger partial charge is 0.290 e. The van der Waals surface area contributed by atoms with Crippen molar-refractivity contribution in [3.63, 3.8) is 0 Å². The summed E-state index contributed by atoms with van der Waals surface area (Å²) in [4.78, 5) is 17.4. The Morgan fingerprint density at radius 3 is 2.75 bits per heavy atom. The van der Waals surface area contributed by atoms with Gasteiger partial charge in [0.05, 0.1) is 12.5 Å². The van der Waals surface area contributed by atoms with Crippen LogP contribution >= 0.6 is 23.1 Å². The molecule has 0 fully saturated rings. The third-order valence-corrected chi connectivity index (χ3v) is 6.78. The van der Waals surface area contributed by atoms with Gasteiger partial charge in [0, 0.05) is 10.3 Å². The van der Waals surface area contributed by atoms with Crippen LogP contribution in [0, 0.1) is 0 Å². The number of furan rings is 1. The van der Waals surface area contributed by atoms with E-state index in [2.05, 4.69) is 15.5 Å². The van der Waals surface area contributed by atoms with E-state index < -0.39 is 15.7 Å². The first-order valence-corrected chi connectivity index (χ1v) is 12.0. The molecule has 1 aromatic carbocycles. The zero-order chi connectivity index (χ0) is 20.0. The maximum absolute atomic E-state index is 12.2. The van der Waals surface area contributed by atoms with E-state index in [9.17, 15) is 13.2 Å². The number of amides is 1. The third kappa shape index (κ3) is 5.78. The first-order valence-electron chi connectivity index (χ1n) is 8.10. The molecule has 0 bridgehead atoms. The molecule has 2 aromatic heterocycles. The Labute approximate surface area is 170 Å². The number of nitrogens with one attached hydrogen (secondary N) is 1. The van der Waals surface area contributed by atoms with Crippen LogP contribution in [0.1, 0.15) is 26.8 Å². The van der Waals surface area contributed by atoms with Gasteiger partial charge >= 0.3 is 0 Å². The van der Waals surface area contributed by atoms with Gasteiger partial charge in [-0.25, -0.2) is 18.8 Å². The molecular weight excluding hydrogens is 418 g/mol. The fourth-order valence-electron chi connectivity index (χ4n) is 2.24. The average Bonchev–Trinajstić information content (AvgIpc) is 3.33. The van der Waals surface area contributed by atoms with Crippen molar-refractivity contribution < 1.29 is 17.6 Å². The van der Waals surface area contributed by atoms with Crippen molar-refractivity contribution in [2.75, 3.05) is 6.26 Å². The van der Waals surface area contributed by atoms with Crippen LogP contribution in [0.5, 0.6) is 0 Å². The molecular formula is C18H17N3O4S3. The Bertz CT molecular complexity index is 1060. The molecule has 1 N–H and O–H groups in total. The van der Waals surface area contributed by atoms with Gasteiger partial charge in [0.25, 0.3) is 5.91 Å². The first kappa shape index (κ1) is 20.3. The van der Waals surface area contributed by atoms with Crippen molar-refractivity contribution >= 4 is 45.1 Å². The number of sulfone groups is 1. The number of rotatable bonds is 8. The predicted octanol–water partition coefficient (Wildman–Crippen LogP) is 3.34. The fraction of sp³-hybridized carbons (Fsp3) is 0.167. The summed E-state index contributed by atoms with van der Waals surface area (Å²) in [5.41, 5.74) is 3.37. The summed E-state index contributed by atoms with van der Waals surface area (Å²) in [6.45, 7) is 0. The Kier molecular flexibility index (Phi) is 6.65. The maximum Gasteiger partial charge on any atom is 0.290 e. The van der Waals surface area contributed by atoms with Crippen molar-refractivity contribution in [3.05, 3.63) is 70.1 Å². The molecule has 0 aliphatic heterocycles. The predicted molar refractivity (Wildman–Crippen MR) is 110 cm³/mol. The zero-order valence-corrected chi connectivity index (χ0v) is 17.3. The minimum Gasteiger partial charge on any atom is -0.468 e. The van der Waals surface area contributed by atoms with Crippen LogP contribution in [0.2, 0.25) is 0 Å². The van der Waals surface area contributed by atoms with Crippen molar-refractivity contribution in [1.82, 2.24) is 10.4 Å². The van der Waals surface area contributed by atoms with Crippen molar-refractivity contribution in [2.45, 2.75) is 16.4 Å².